The van der Waals surface area contributed by atoms with Crippen LogP contribution in [-0.2, 0) is 14.3 Å². The van der Waals surface area contributed by atoms with E-state index >= 15 is 0 Å². The van der Waals surface area contributed by atoms with Crippen molar-refractivity contribution in [2.24, 2.45) is 0 Å². The first kappa shape index (κ1) is 19.5. The lowest BCUT2D eigenvalue weighted by molar-refractivity contribution is -0.123. The molecule has 2 amide bonds. The topological polar surface area (TPSA) is 79.9 Å². The van der Waals surface area contributed by atoms with Crippen LogP contribution in [0.3, 0.4) is 0 Å². The SMILES string of the molecule is COc1ccc(Cl)cc1NC(=O)CN(C)CC(=O)NC[C@H]1CCCO1. The summed E-state index contributed by atoms with van der Waals surface area (Å²) in [6, 6.07) is 4.98. The maximum absolute atomic E-state index is 12.1. The van der Waals surface area contributed by atoms with E-state index in [1.54, 1.807) is 30.1 Å². The number of hydrogen-bond acceptors (Lipinski definition) is 5. The molecule has 0 aliphatic carbocycles. The largest absolute Gasteiger partial charge is 0.495 e. The average molecular weight is 370 g/mol. The number of methoxy groups -OCH3 is 1. The molecule has 0 radical (unpaired) electrons. The maximum atomic E-state index is 12.1. The van der Waals surface area contributed by atoms with Gasteiger partial charge in [-0.1, -0.05) is 11.6 Å². The molecule has 1 heterocycles. The van der Waals surface area contributed by atoms with Gasteiger partial charge in [0.1, 0.15) is 5.75 Å². The van der Waals surface area contributed by atoms with Crippen LogP contribution >= 0.6 is 11.6 Å². The molecule has 138 valence electrons. The van der Waals surface area contributed by atoms with E-state index < -0.39 is 0 Å². The van der Waals surface area contributed by atoms with Crippen LogP contribution in [0.25, 0.3) is 0 Å². The van der Waals surface area contributed by atoms with Gasteiger partial charge in [-0.05, 0) is 38.1 Å². The molecule has 25 heavy (non-hydrogen) atoms. The summed E-state index contributed by atoms with van der Waals surface area (Å²) >= 11 is 5.94. The highest BCUT2D eigenvalue weighted by molar-refractivity contribution is 6.31. The van der Waals surface area contributed by atoms with Gasteiger partial charge in [-0.2, -0.15) is 0 Å². The number of benzene rings is 1. The Labute approximate surface area is 152 Å². The fraction of sp³-hybridized carbons (Fsp3) is 0.529. The summed E-state index contributed by atoms with van der Waals surface area (Å²) in [5.74, 6) is 0.135. The zero-order valence-electron chi connectivity index (χ0n) is 14.5. The fourth-order valence-electron chi connectivity index (χ4n) is 2.60. The van der Waals surface area contributed by atoms with E-state index in [-0.39, 0.29) is 31.0 Å². The van der Waals surface area contributed by atoms with Crippen molar-refractivity contribution < 1.29 is 19.1 Å². The third-order valence-electron chi connectivity index (χ3n) is 3.81. The predicted molar refractivity (Wildman–Crippen MR) is 96.1 cm³/mol. The normalized spacial score (nSPS) is 16.7. The van der Waals surface area contributed by atoms with E-state index in [1.165, 1.54) is 7.11 Å². The quantitative estimate of drug-likeness (QED) is 0.726. The first-order valence-electron chi connectivity index (χ1n) is 8.18. The number of rotatable bonds is 8. The minimum absolute atomic E-state index is 0.0724. The summed E-state index contributed by atoms with van der Waals surface area (Å²) in [5.41, 5.74) is 0.497. The van der Waals surface area contributed by atoms with Crippen molar-refractivity contribution in [1.82, 2.24) is 10.2 Å². The van der Waals surface area contributed by atoms with Gasteiger partial charge >= 0.3 is 0 Å². The standard InChI is InChI=1S/C17H24ClN3O4/c1-21(10-16(22)19-9-13-4-3-7-25-13)11-17(23)20-14-8-12(18)5-6-15(14)24-2/h5-6,8,13H,3-4,7,9-11H2,1-2H3,(H,19,22)(H,20,23)/t13-/m1/s1. The van der Waals surface area contributed by atoms with Gasteiger partial charge in [0.05, 0.1) is 32.0 Å². The molecule has 1 aliphatic rings. The van der Waals surface area contributed by atoms with Crippen LogP contribution in [0.15, 0.2) is 18.2 Å². The first-order chi connectivity index (χ1) is 12.0. The highest BCUT2D eigenvalue weighted by Crippen LogP contribution is 2.27. The summed E-state index contributed by atoms with van der Waals surface area (Å²) < 4.78 is 10.6. The molecule has 1 atom stereocenters. The van der Waals surface area contributed by atoms with Crippen LogP contribution in [0.2, 0.25) is 5.02 Å². The van der Waals surface area contributed by atoms with Gasteiger partial charge in [0.15, 0.2) is 0 Å². The second-order valence-electron chi connectivity index (χ2n) is 6.00. The lowest BCUT2D eigenvalue weighted by Crippen LogP contribution is -2.41. The molecule has 1 fully saturated rings. The zero-order chi connectivity index (χ0) is 18.2. The summed E-state index contributed by atoms with van der Waals surface area (Å²) in [6.45, 7) is 1.47. The number of likely N-dealkylation sites (N-methyl/N-ethyl adjacent to an activating group) is 1. The van der Waals surface area contributed by atoms with Crippen LogP contribution < -0.4 is 15.4 Å². The molecule has 0 saturated carbocycles. The smallest absolute Gasteiger partial charge is 0.238 e. The molecule has 8 heteroatoms. The van der Waals surface area contributed by atoms with Crippen molar-refractivity contribution in [1.29, 1.82) is 0 Å². The molecule has 1 aromatic carbocycles. The first-order valence-corrected chi connectivity index (χ1v) is 8.56. The molecule has 0 aromatic heterocycles. The number of carbonyl (C=O) groups is 2. The highest BCUT2D eigenvalue weighted by Gasteiger charge is 2.17. The Morgan fingerprint density at radius 2 is 2.12 bits per heavy atom. The Morgan fingerprint density at radius 1 is 1.36 bits per heavy atom. The molecule has 1 aromatic rings. The Bertz CT molecular complexity index is 606. The van der Waals surface area contributed by atoms with Crippen LogP contribution in [0.1, 0.15) is 12.8 Å². The van der Waals surface area contributed by atoms with Gasteiger partial charge in [0, 0.05) is 18.2 Å². The summed E-state index contributed by atoms with van der Waals surface area (Å²) in [7, 11) is 3.23. The van der Waals surface area contributed by atoms with E-state index in [1.807, 2.05) is 0 Å². The highest BCUT2D eigenvalue weighted by atomic mass is 35.5. The van der Waals surface area contributed by atoms with Gasteiger partial charge in [-0.25, -0.2) is 0 Å². The molecule has 0 spiro atoms. The minimum Gasteiger partial charge on any atom is -0.495 e. The monoisotopic (exact) mass is 369 g/mol. The van der Waals surface area contributed by atoms with Crippen molar-refractivity contribution in [3.8, 4) is 5.75 Å². The van der Waals surface area contributed by atoms with Crippen molar-refractivity contribution >= 4 is 29.1 Å². The third kappa shape index (κ3) is 6.53. The minimum atomic E-state index is -0.255. The van der Waals surface area contributed by atoms with Gasteiger partial charge in [0.25, 0.3) is 0 Å². The van der Waals surface area contributed by atoms with Gasteiger partial charge < -0.3 is 20.1 Å². The molecular weight excluding hydrogens is 346 g/mol. The lowest BCUT2D eigenvalue weighted by atomic mass is 10.2. The number of halogens is 1. The molecule has 0 bridgehead atoms. The Morgan fingerprint density at radius 3 is 2.80 bits per heavy atom. The van der Waals surface area contributed by atoms with Gasteiger partial charge in [-0.3, -0.25) is 14.5 Å². The van der Waals surface area contributed by atoms with Gasteiger partial charge in [-0.15, -0.1) is 0 Å². The summed E-state index contributed by atoms with van der Waals surface area (Å²) in [6.07, 6.45) is 2.11. The molecule has 1 saturated heterocycles. The fourth-order valence-corrected chi connectivity index (χ4v) is 2.77. The number of nitrogens with one attached hydrogen (secondary N) is 2. The Balaban J connectivity index is 1.75. The van der Waals surface area contributed by atoms with E-state index in [0.717, 1.165) is 19.4 Å². The van der Waals surface area contributed by atoms with Crippen molar-refractivity contribution in [2.75, 3.05) is 45.7 Å². The summed E-state index contributed by atoms with van der Waals surface area (Å²) in [5, 5.41) is 6.07. The van der Waals surface area contributed by atoms with Crippen molar-refractivity contribution in [2.45, 2.75) is 18.9 Å². The Hall–Kier alpha value is -1.83. The van der Waals surface area contributed by atoms with E-state index in [9.17, 15) is 9.59 Å². The number of nitrogens with zero attached hydrogens (tertiary/aromatic N) is 1. The number of amides is 2. The number of carbonyl (C=O) groups excluding carboxylic acids is 2. The molecule has 1 aliphatic heterocycles. The average Bonchev–Trinajstić information content (AvgIpc) is 3.06. The number of ether oxygens (including phenoxy) is 2. The van der Waals surface area contributed by atoms with Crippen LogP contribution in [0.5, 0.6) is 5.75 Å². The van der Waals surface area contributed by atoms with Crippen molar-refractivity contribution in [3.05, 3.63) is 23.2 Å². The second-order valence-corrected chi connectivity index (χ2v) is 6.44. The predicted octanol–water partition coefficient (Wildman–Crippen LogP) is 1.51. The second kappa shape index (κ2) is 9.60. The van der Waals surface area contributed by atoms with Crippen molar-refractivity contribution in [3.63, 3.8) is 0 Å². The van der Waals surface area contributed by atoms with Crippen LogP contribution in [0.4, 0.5) is 5.69 Å². The molecule has 2 N–H and O–H groups in total. The maximum Gasteiger partial charge on any atom is 0.238 e. The van der Waals surface area contributed by atoms with Crippen LogP contribution in [-0.4, -0.2) is 63.2 Å². The Kier molecular flexibility index (Phi) is 7.49. The van der Waals surface area contributed by atoms with E-state index in [2.05, 4.69) is 10.6 Å². The summed E-state index contributed by atoms with van der Waals surface area (Å²) in [4.78, 5) is 25.7. The molecular formula is C17H24ClN3O4. The number of anilines is 1. The van der Waals surface area contributed by atoms with Gasteiger partial charge in [0.2, 0.25) is 11.8 Å². The zero-order valence-corrected chi connectivity index (χ0v) is 15.3. The van der Waals surface area contributed by atoms with E-state index in [0.29, 0.717) is 23.0 Å². The molecule has 7 nitrogen and oxygen atoms in total. The number of hydrogen-bond donors (Lipinski definition) is 2. The lowest BCUT2D eigenvalue weighted by Gasteiger charge is -2.17. The third-order valence-corrected chi connectivity index (χ3v) is 4.05. The van der Waals surface area contributed by atoms with Crippen LogP contribution in [0, 0.1) is 0 Å². The molecule has 0 unspecified atom stereocenters. The van der Waals surface area contributed by atoms with E-state index in [4.69, 9.17) is 21.1 Å². The molecule has 2 rings (SSSR count).